The minimum absolute atomic E-state index is 0.609. The van der Waals surface area contributed by atoms with E-state index in [4.69, 9.17) is 0 Å². The van der Waals surface area contributed by atoms with E-state index in [0.29, 0.717) is 5.54 Å². The van der Waals surface area contributed by atoms with Crippen LogP contribution in [0.2, 0.25) is 0 Å². The fourth-order valence-electron chi connectivity index (χ4n) is 4.17. The highest BCUT2D eigenvalue weighted by molar-refractivity contribution is 5.04. The van der Waals surface area contributed by atoms with Crippen molar-refractivity contribution in [2.24, 2.45) is 5.92 Å². The summed E-state index contributed by atoms with van der Waals surface area (Å²) in [4.78, 5) is 0. The molecular formula is C13H23N. The van der Waals surface area contributed by atoms with Crippen LogP contribution in [0, 0.1) is 5.92 Å². The van der Waals surface area contributed by atoms with E-state index in [1.807, 2.05) is 0 Å². The minimum Gasteiger partial charge on any atom is -0.308 e. The first-order valence-corrected chi connectivity index (χ1v) is 6.66. The lowest BCUT2D eigenvalue weighted by molar-refractivity contribution is 0.251. The van der Waals surface area contributed by atoms with Crippen molar-refractivity contribution in [2.45, 2.75) is 75.8 Å². The Bertz CT molecular complexity index is 189. The molecular weight excluding hydrogens is 170 g/mol. The first kappa shape index (κ1) is 9.21. The Labute approximate surface area is 87.7 Å². The van der Waals surface area contributed by atoms with Crippen molar-refractivity contribution in [3.63, 3.8) is 0 Å². The smallest absolute Gasteiger partial charge is 0.0187 e. The molecule has 2 aliphatic carbocycles. The summed E-state index contributed by atoms with van der Waals surface area (Å²) < 4.78 is 0. The number of rotatable bonds is 0. The van der Waals surface area contributed by atoms with E-state index in [9.17, 15) is 0 Å². The lowest BCUT2D eigenvalue weighted by Gasteiger charge is -2.34. The third-order valence-electron chi connectivity index (χ3n) is 4.86. The first-order valence-electron chi connectivity index (χ1n) is 6.66. The highest BCUT2D eigenvalue weighted by atomic mass is 15.1. The maximum absolute atomic E-state index is 4.01. The van der Waals surface area contributed by atoms with Crippen molar-refractivity contribution in [3.8, 4) is 0 Å². The molecule has 1 aliphatic heterocycles. The monoisotopic (exact) mass is 193 g/mol. The van der Waals surface area contributed by atoms with E-state index in [2.05, 4.69) is 5.32 Å². The largest absolute Gasteiger partial charge is 0.308 e. The molecule has 1 heteroatoms. The van der Waals surface area contributed by atoms with Gasteiger partial charge in [-0.15, -0.1) is 0 Å². The molecule has 3 fully saturated rings. The highest BCUT2D eigenvalue weighted by Gasteiger charge is 2.45. The molecule has 1 saturated heterocycles. The van der Waals surface area contributed by atoms with Gasteiger partial charge in [0.1, 0.15) is 0 Å². The second-order valence-electron chi connectivity index (χ2n) is 5.84. The molecule has 2 saturated carbocycles. The molecule has 80 valence electrons. The van der Waals surface area contributed by atoms with Gasteiger partial charge in [-0.1, -0.05) is 32.1 Å². The summed E-state index contributed by atoms with van der Waals surface area (Å²) in [5.41, 5.74) is 0.609. The van der Waals surface area contributed by atoms with Crippen molar-refractivity contribution in [1.29, 1.82) is 0 Å². The van der Waals surface area contributed by atoms with Gasteiger partial charge in [0.05, 0.1) is 0 Å². The van der Waals surface area contributed by atoms with E-state index >= 15 is 0 Å². The van der Waals surface area contributed by atoms with Crippen LogP contribution in [-0.4, -0.2) is 11.6 Å². The molecule has 0 aromatic heterocycles. The van der Waals surface area contributed by atoms with Crippen LogP contribution in [0.5, 0.6) is 0 Å². The second-order valence-corrected chi connectivity index (χ2v) is 5.84. The fraction of sp³-hybridized carbons (Fsp3) is 1.00. The molecule has 3 aliphatic rings. The van der Waals surface area contributed by atoms with Crippen molar-refractivity contribution < 1.29 is 0 Å². The van der Waals surface area contributed by atoms with Crippen LogP contribution in [0.15, 0.2) is 0 Å². The van der Waals surface area contributed by atoms with Crippen molar-refractivity contribution in [2.75, 3.05) is 0 Å². The van der Waals surface area contributed by atoms with Crippen molar-refractivity contribution >= 4 is 0 Å². The Morgan fingerprint density at radius 2 is 1.64 bits per heavy atom. The van der Waals surface area contributed by atoms with Gasteiger partial charge >= 0.3 is 0 Å². The SMILES string of the molecule is C1CCC2(CC1)C[C@@H]1CCCC[C@H]1N2. The van der Waals surface area contributed by atoms with Crippen LogP contribution in [0.1, 0.15) is 64.2 Å². The Morgan fingerprint density at radius 1 is 0.857 bits per heavy atom. The Kier molecular flexibility index (Phi) is 2.31. The van der Waals surface area contributed by atoms with Crippen molar-refractivity contribution in [3.05, 3.63) is 0 Å². The van der Waals surface area contributed by atoms with Gasteiger partial charge in [0.2, 0.25) is 0 Å². The van der Waals surface area contributed by atoms with Gasteiger partial charge in [-0.3, -0.25) is 0 Å². The van der Waals surface area contributed by atoms with Crippen molar-refractivity contribution in [1.82, 2.24) is 5.32 Å². The van der Waals surface area contributed by atoms with Crippen LogP contribution in [0.25, 0.3) is 0 Å². The summed E-state index contributed by atoms with van der Waals surface area (Å²) >= 11 is 0. The zero-order valence-electron chi connectivity index (χ0n) is 9.23. The van der Waals surface area contributed by atoms with Gasteiger partial charge < -0.3 is 5.32 Å². The van der Waals surface area contributed by atoms with Gasteiger partial charge in [0.15, 0.2) is 0 Å². The lowest BCUT2D eigenvalue weighted by atomic mass is 9.77. The molecule has 0 aromatic rings. The van der Waals surface area contributed by atoms with Gasteiger partial charge in [-0.2, -0.15) is 0 Å². The van der Waals surface area contributed by atoms with Crippen LogP contribution >= 0.6 is 0 Å². The molecule has 0 aromatic carbocycles. The van der Waals surface area contributed by atoms with Crippen LogP contribution < -0.4 is 5.32 Å². The van der Waals surface area contributed by atoms with Gasteiger partial charge in [-0.05, 0) is 38.0 Å². The Morgan fingerprint density at radius 3 is 2.43 bits per heavy atom. The Balaban J connectivity index is 1.71. The topological polar surface area (TPSA) is 12.0 Å². The lowest BCUT2D eigenvalue weighted by Crippen LogP contribution is -2.44. The van der Waals surface area contributed by atoms with Crippen LogP contribution in [0.3, 0.4) is 0 Å². The first-order chi connectivity index (χ1) is 6.88. The fourth-order valence-corrected chi connectivity index (χ4v) is 4.17. The third kappa shape index (κ3) is 1.50. The minimum atomic E-state index is 0.609. The standard InChI is InChI=1S/C13H23N/c1-4-8-13(9-5-1)10-11-6-2-3-7-12(11)14-13/h11-12,14H,1-10H2/t11-,12+/m0/s1. The van der Waals surface area contributed by atoms with E-state index < -0.39 is 0 Å². The molecule has 1 spiro atoms. The van der Waals surface area contributed by atoms with Crippen LogP contribution in [-0.2, 0) is 0 Å². The number of nitrogens with one attached hydrogen (secondary N) is 1. The molecule has 0 amide bonds. The number of hydrogen-bond donors (Lipinski definition) is 1. The molecule has 0 bridgehead atoms. The number of fused-ring (bicyclic) bond motifs is 1. The van der Waals surface area contributed by atoms with Gasteiger partial charge in [0, 0.05) is 11.6 Å². The summed E-state index contributed by atoms with van der Waals surface area (Å²) in [6, 6.07) is 0.904. The maximum Gasteiger partial charge on any atom is 0.0187 e. The molecule has 3 rings (SSSR count). The predicted octanol–water partition coefficient (Wildman–Crippen LogP) is 3.24. The summed E-state index contributed by atoms with van der Waals surface area (Å²) in [6.45, 7) is 0. The average molecular weight is 193 g/mol. The maximum atomic E-state index is 4.01. The zero-order valence-corrected chi connectivity index (χ0v) is 9.23. The van der Waals surface area contributed by atoms with E-state index in [1.165, 1.54) is 64.2 Å². The van der Waals surface area contributed by atoms with E-state index in [-0.39, 0.29) is 0 Å². The van der Waals surface area contributed by atoms with Gasteiger partial charge in [0.25, 0.3) is 0 Å². The van der Waals surface area contributed by atoms with E-state index in [1.54, 1.807) is 0 Å². The summed E-state index contributed by atoms with van der Waals surface area (Å²) in [6.07, 6.45) is 14.9. The van der Waals surface area contributed by atoms with Gasteiger partial charge in [-0.25, -0.2) is 0 Å². The van der Waals surface area contributed by atoms with Crippen LogP contribution in [0.4, 0.5) is 0 Å². The normalized spacial score (nSPS) is 41.1. The predicted molar refractivity (Wildman–Crippen MR) is 59.3 cm³/mol. The molecule has 1 N–H and O–H groups in total. The highest BCUT2D eigenvalue weighted by Crippen LogP contribution is 2.44. The van der Waals surface area contributed by atoms with E-state index in [0.717, 1.165) is 12.0 Å². The number of hydrogen-bond acceptors (Lipinski definition) is 1. The third-order valence-corrected chi connectivity index (χ3v) is 4.86. The molecule has 0 radical (unpaired) electrons. The summed E-state index contributed by atoms with van der Waals surface area (Å²) in [7, 11) is 0. The summed E-state index contributed by atoms with van der Waals surface area (Å²) in [5.74, 6) is 1.04. The molecule has 1 nitrogen and oxygen atoms in total. The molecule has 0 unspecified atom stereocenters. The Hall–Kier alpha value is -0.0400. The average Bonchev–Trinajstić information content (AvgIpc) is 2.56. The molecule has 2 atom stereocenters. The molecule has 1 heterocycles. The zero-order chi connectivity index (χ0) is 9.43. The summed E-state index contributed by atoms with van der Waals surface area (Å²) in [5, 5.41) is 4.01. The quantitative estimate of drug-likeness (QED) is 0.623. The second kappa shape index (κ2) is 3.52. The molecule has 14 heavy (non-hydrogen) atoms.